The number of carbonyl (C=O) groups is 1. The quantitative estimate of drug-likeness (QED) is 0.337. The predicted octanol–water partition coefficient (Wildman–Crippen LogP) is 5.63. The molecule has 2 N–H and O–H groups in total. The lowest BCUT2D eigenvalue weighted by atomic mass is 10.0. The van der Waals surface area contributed by atoms with Crippen molar-refractivity contribution < 1.29 is 22.7 Å². The summed E-state index contributed by atoms with van der Waals surface area (Å²) in [5, 5.41) is 6.32. The van der Waals surface area contributed by atoms with Crippen molar-refractivity contribution in [2.24, 2.45) is 0 Å². The fourth-order valence-corrected chi connectivity index (χ4v) is 4.81. The highest BCUT2D eigenvalue weighted by Crippen LogP contribution is 2.36. The van der Waals surface area contributed by atoms with Crippen molar-refractivity contribution in [1.29, 1.82) is 0 Å². The summed E-state index contributed by atoms with van der Waals surface area (Å²) in [4.78, 5) is 24.3. The lowest BCUT2D eigenvalue weighted by Crippen LogP contribution is -2.18. The van der Waals surface area contributed by atoms with Crippen molar-refractivity contribution in [3.8, 4) is 34.7 Å². The maximum Gasteiger partial charge on any atom is 0.416 e. The summed E-state index contributed by atoms with van der Waals surface area (Å²) >= 11 is 1.30. The molecule has 1 aliphatic heterocycles. The summed E-state index contributed by atoms with van der Waals surface area (Å²) in [6.07, 6.45) is -1.40. The number of hydrogen-bond acceptors (Lipinski definition) is 7. The first-order chi connectivity index (χ1) is 17.8. The summed E-state index contributed by atoms with van der Waals surface area (Å²) in [5.41, 5.74) is 0.782. The summed E-state index contributed by atoms with van der Waals surface area (Å²) in [6.45, 7) is 2.23. The number of aromatic nitrogens is 3. The Labute approximate surface area is 214 Å². The maximum absolute atomic E-state index is 13.4. The van der Waals surface area contributed by atoms with Gasteiger partial charge in [-0.25, -0.2) is 15.0 Å². The van der Waals surface area contributed by atoms with Crippen LogP contribution in [0.15, 0.2) is 48.8 Å². The second kappa shape index (κ2) is 10.2. The molecule has 3 heterocycles. The zero-order chi connectivity index (χ0) is 26.0. The van der Waals surface area contributed by atoms with Crippen LogP contribution in [0.3, 0.4) is 0 Å². The van der Waals surface area contributed by atoms with Gasteiger partial charge in [-0.3, -0.25) is 4.79 Å². The van der Waals surface area contributed by atoms with Crippen molar-refractivity contribution in [1.82, 2.24) is 20.3 Å². The largest absolute Gasteiger partial charge is 0.437 e. The third-order valence-electron chi connectivity index (χ3n) is 5.59. The predicted molar refractivity (Wildman–Crippen MR) is 134 cm³/mol. The number of thiazole rings is 1. The van der Waals surface area contributed by atoms with Crippen molar-refractivity contribution >= 4 is 32.6 Å². The van der Waals surface area contributed by atoms with E-state index in [9.17, 15) is 18.0 Å². The molecule has 0 saturated carbocycles. The number of anilines is 1. The molecular weight excluding hydrogens is 503 g/mol. The Kier molecular flexibility index (Phi) is 6.78. The fraction of sp³-hybridized carbons (Fsp3) is 0.231. The van der Waals surface area contributed by atoms with Gasteiger partial charge in [0.1, 0.15) is 11.8 Å². The molecule has 0 bridgehead atoms. The highest BCUT2D eigenvalue weighted by molar-refractivity contribution is 7.22. The number of nitrogens with zero attached hydrogens (tertiary/aromatic N) is 3. The molecule has 1 aliphatic rings. The van der Waals surface area contributed by atoms with Crippen molar-refractivity contribution in [2.45, 2.75) is 32.0 Å². The van der Waals surface area contributed by atoms with Gasteiger partial charge in [0, 0.05) is 24.1 Å². The smallest absolute Gasteiger partial charge is 0.416 e. The normalized spacial score (nSPS) is 15.3. The number of nitrogens with one attached hydrogen (secondary N) is 2. The van der Waals surface area contributed by atoms with E-state index in [2.05, 4.69) is 37.4 Å². The molecule has 2 aromatic heterocycles. The molecule has 1 saturated heterocycles. The third kappa shape index (κ3) is 5.71. The maximum atomic E-state index is 13.4. The molecule has 188 valence electrons. The average molecular weight is 524 g/mol. The van der Waals surface area contributed by atoms with Crippen LogP contribution in [-0.2, 0) is 11.0 Å². The molecule has 1 amide bonds. The van der Waals surface area contributed by atoms with Gasteiger partial charge in [0.05, 0.1) is 22.0 Å². The van der Waals surface area contributed by atoms with E-state index in [4.69, 9.17) is 4.74 Å². The van der Waals surface area contributed by atoms with Gasteiger partial charge in [0.15, 0.2) is 10.9 Å². The van der Waals surface area contributed by atoms with Gasteiger partial charge in [-0.15, -0.1) is 0 Å². The first kappa shape index (κ1) is 24.7. The van der Waals surface area contributed by atoms with Gasteiger partial charge in [0.25, 0.3) is 0 Å². The number of benzene rings is 2. The lowest BCUT2D eigenvalue weighted by Gasteiger charge is -2.11. The van der Waals surface area contributed by atoms with E-state index in [1.54, 1.807) is 18.2 Å². The fourth-order valence-electron chi connectivity index (χ4n) is 3.88. The molecule has 2 aromatic carbocycles. The summed E-state index contributed by atoms with van der Waals surface area (Å²) in [7, 11) is 0. The number of alkyl halides is 3. The van der Waals surface area contributed by atoms with E-state index in [0.29, 0.717) is 27.7 Å². The minimum Gasteiger partial charge on any atom is -0.437 e. The van der Waals surface area contributed by atoms with Gasteiger partial charge < -0.3 is 15.4 Å². The molecule has 1 atom stereocenters. The summed E-state index contributed by atoms with van der Waals surface area (Å²) in [5.74, 6) is 6.32. The number of fused-ring (bicyclic) bond motifs is 1. The SMILES string of the molecule is CC(=O)Nc1nc2c(Oc3cc(-c4ccc(C(F)(F)F)cc4C#CC4CCCN4)ncn3)cccc2s1. The second-order valence-electron chi connectivity index (χ2n) is 8.32. The van der Waals surface area contributed by atoms with E-state index in [-0.39, 0.29) is 23.4 Å². The number of halogens is 3. The van der Waals surface area contributed by atoms with Crippen LogP contribution >= 0.6 is 11.3 Å². The van der Waals surface area contributed by atoms with Gasteiger partial charge in [-0.2, -0.15) is 13.2 Å². The van der Waals surface area contributed by atoms with Crippen LogP contribution in [0.2, 0.25) is 0 Å². The Morgan fingerprint density at radius 1 is 1.22 bits per heavy atom. The van der Waals surface area contributed by atoms with E-state index in [1.165, 1.54) is 30.7 Å². The van der Waals surface area contributed by atoms with E-state index < -0.39 is 11.7 Å². The van der Waals surface area contributed by atoms with E-state index >= 15 is 0 Å². The Bertz CT molecular complexity index is 1530. The Morgan fingerprint density at radius 2 is 2.08 bits per heavy atom. The van der Waals surface area contributed by atoms with Crippen LogP contribution in [0.1, 0.15) is 30.9 Å². The number of hydrogen-bond donors (Lipinski definition) is 2. The molecule has 11 heteroatoms. The summed E-state index contributed by atoms with van der Waals surface area (Å²) < 4.78 is 47.0. The van der Waals surface area contributed by atoms with Crippen LogP contribution in [0.4, 0.5) is 18.3 Å². The Balaban J connectivity index is 1.49. The molecule has 7 nitrogen and oxygen atoms in total. The van der Waals surface area contributed by atoms with E-state index in [0.717, 1.165) is 36.2 Å². The number of para-hydroxylation sites is 1. The molecule has 5 rings (SSSR count). The first-order valence-corrected chi connectivity index (χ1v) is 12.2. The van der Waals surface area contributed by atoms with Crippen molar-refractivity contribution in [3.63, 3.8) is 0 Å². The highest BCUT2D eigenvalue weighted by atomic mass is 32.1. The number of ether oxygens (including phenoxy) is 1. The zero-order valence-electron chi connectivity index (χ0n) is 19.5. The number of carbonyl (C=O) groups excluding carboxylic acids is 1. The standard InChI is InChI=1S/C26H20F3N5O2S/c1-15(35)33-25-34-24-21(5-2-6-22(24)37-25)36-23-13-20(31-14-32-23)19-10-8-17(26(27,28)29)12-16(19)7-9-18-4-3-11-30-18/h2,5-6,8,10,12-14,18,30H,3-4,11H2,1H3,(H,33,34,35). The number of rotatable bonds is 4. The van der Waals surface area contributed by atoms with Crippen LogP contribution in [-0.4, -0.2) is 33.4 Å². The lowest BCUT2D eigenvalue weighted by molar-refractivity contribution is -0.137. The molecule has 0 aliphatic carbocycles. The zero-order valence-corrected chi connectivity index (χ0v) is 20.3. The molecule has 37 heavy (non-hydrogen) atoms. The molecule has 0 radical (unpaired) electrons. The first-order valence-electron chi connectivity index (χ1n) is 11.4. The van der Waals surface area contributed by atoms with Gasteiger partial charge in [-0.1, -0.05) is 35.3 Å². The Morgan fingerprint density at radius 3 is 2.84 bits per heavy atom. The minimum absolute atomic E-state index is 0.0623. The van der Waals surface area contributed by atoms with Crippen molar-refractivity contribution in [3.05, 3.63) is 59.9 Å². The van der Waals surface area contributed by atoms with Crippen LogP contribution in [0, 0.1) is 11.8 Å². The summed E-state index contributed by atoms with van der Waals surface area (Å²) in [6, 6.07) is 10.2. The van der Waals surface area contributed by atoms with Gasteiger partial charge in [0.2, 0.25) is 11.8 Å². The number of amides is 1. The van der Waals surface area contributed by atoms with E-state index in [1.807, 2.05) is 6.07 Å². The second-order valence-corrected chi connectivity index (χ2v) is 9.35. The Hall–Kier alpha value is -4.01. The van der Waals surface area contributed by atoms with Gasteiger partial charge >= 0.3 is 6.18 Å². The molecular formula is C26H20F3N5O2S. The topological polar surface area (TPSA) is 89.0 Å². The van der Waals surface area contributed by atoms with Crippen LogP contribution in [0.25, 0.3) is 21.5 Å². The molecule has 1 unspecified atom stereocenters. The van der Waals surface area contributed by atoms with Gasteiger partial charge in [-0.05, 0) is 43.7 Å². The molecule has 1 fully saturated rings. The highest BCUT2D eigenvalue weighted by Gasteiger charge is 2.31. The molecule has 0 spiro atoms. The third-order valence-corrected chi connectivity index (χ3v) is 6.52. The van der Waals surface area contributed by atoms with Crippen molar-refractivity contribution in [2.75, 3.05) is 11.9 Å². The monoisotopic (exact) mass is 523 g/mol. The average Bonchev–Trinajstić information content (AvgIpc) is 3.52. The molecule has 4 aromatic rings. The van der Waals surface area contributed by atoms with Crippen LogP contribution in [0.5, 0.6) is 11.6 Å². The van der Waals surface area contributed by atoms with Crippen LogP contribution < -0.4 is 15.4 Å². The minimum atomic E-state index is -4.50.